The van der Waals surface area contributed by atoms with Crippen molar-refractivity contribution in [1.29, 1.82) is 0 Å². The van der Waals surface area contributed by atoms with Crippen molar-refractivity contribution in [2.24, 2.45) is 11.8 Å². The minimum atomic E-state index is -0.470. The second-order valence-electron chi connectivity index (χ2n) is 6.34. The first-order valence-corrected chi connectivity index (χ1v) is 8.03. The molecule has 2 atom stereocenters. The van der Waals surface area contributed by atoms with E-state index >= 15 is 0 Å². The van der Waals surface area contributed by atoms with Crippen LogP contribution in [0.5, 0.6) is 0 Å². The van der Waals surface area contributed by atoms with Gasteiger partial charge in [0.1, 0.15) is 0 Å². The van der Waals surface area contributed by atoms with Crippen LogP contribution in [0.1, 0.15) is 54.1 Å². The van der Waals surface area contributed by atoms with Gasteiger partial charge >= 0.3 is 0 Å². The highest BCUT2D eigenvalue weighted by molar-refractivity contribution is 7.11. The second kappa shape index (κ2) is 4.61. The molecule has 3 heteroatoms. The zero-order valence-electron chi connectivity index (χ0n) is 11.4. The average Bonchev–Trinajstić information content (AvgIpc) is 3.07. The maximum atomic E-state index is 10.8. The Morgan fingerprint density at radius 2 is 2.06 bits per heavy atom. The lowest BCUT2D eigenvalue weighted by Crippen LogP contribution is -2.38. The van der Waals surface area contributed by atoms with E-state index < -0.39 is 5.60 Å². The normalized spacial score (nSPS) is 32.7. The van der Waals surface area contributed by atoms with E-state index in [2.05, 4.69) is 18.8 Å². The van der Waals surface area contributed by atoms with Crippen LogP contribution in [-0.4, -0.2) is 15.7 Å². The summed E-state index contributed by atoms with van der Waals surface area (Å²) < 4.78 is 0. The lowest BCUT2D eigenvalue weighted by atomic mass is 9.74. The van der Waals surface area contributed by atoms with Gasteiger partial charge in [-0.1, -0.05) is 6.42 Å². The summed E-state index contributed by atoms with van der Waals surface area (Å²) in [6, 6.07) is 0. The summed E-state index contributed by atoms with van der Waals surface area (Å²) in [6.07, 6.45) is 8.08. The van der Waals surface area contributed by atoms with E-state index in [9.17, 15) is 5.11 Å². The smallest absolute Gasteiger partial charge is 0.0959 e. The molecule has 2 aliphatic carbocycles. The van der Waals surface area contributed by atoms with Crippen LogP contribution in [0.4, 0.5) is 0 Å². The molecule has 0 aromatic carbocycles. The number of aryl methyl sites for hydroxylation is 2. The Kier molecular flexibility index (Phi) is 3.23. The van der Waals surface area contributed by atoms with Gasteiger partial charge < -0.3 is 5.11 Å². The zero-order chi connectivity index (χ0) is 12.8. The van der Waals surface area contributed by atoms with E-state index in [1.807, 2.05) is 0 Å². The highest BCUT2D eigenvalue weighted by Gasteiger charge is 2.41. The Bertz CT molecular complexity index is 418. The van der Waals surface area contributed by atoms with E-state index in [0.29, 0.717) is 0 Å². The van der Waals surface area contributed by atoms with Crippen molar-refractivity contribution in [3.05, 3.63) is 15.6 Å². The molecule has 2 fully saturated rings. The SMILES string of the molecule is Cc1nc(CC2(O)CCCC(C3CC3)C2)sc1C. The molecule has 0 amide bonds. The number of rotatable bonds is 3. The highest BCUT2D eigenvalue weighted by atomic mass is 32.1. The molecule has 2 nitrogen and oxygen atoms in total. The molecule has 1 aromatic rings. The van der Waals surface area contributed by atoms with Crippen LogP contribution in [0.2, 0.25) is 0 Å². The fraction of sp³-hybridized carbons (Fsp3) is 0.800. The van der Waals surface area contributed by atoms with Crippen LogP contribution in [0, 0.1) is 25.7 Å². The van der Waals surface area contributed by atoms with E-state index in [0.717, 1.165) is 41.8 Å². The van der Waals surface area contributed by atoms with Gasteiger partial charge in [-0.25, -0.2) is 4.98 Å². The molecule has 1 N–H and O–H groups in total. The van der Waals surface area contributed by atoms with Crippen LogP contribution >= 0.6 is 11.3 Å². The zero-order valence-corrected chi connectivity index (χ0v) is 12.2. The Morgan fingerprint density at radius 3 is 2.67 bits per heavy atom. The summed E-state index contributed by atoms with van der Waals surface area (Å²) in [4.78, 5) is 5.89. The largest absolute Gasteiger partial charge is 0.389 e. The van der Waals surface area contributed by atoms with Crippen molar-refractivity contribution in [1.82, 2.24) is 4.98 Å². The van der Waals surface area contributed by atoms with Crippen molar-refractivity contribution in [3.8, 4) is 0 Å². The van der Waals surface area contributed by atoms with Crippen molar-refractivity contribution in [2.45, 2.75) is 64.4 Å². The van der Waals surface area contributed by atoms with Gasteiger partial charge in [0.25, 0.3) is 0 Å². The monoisotopic (exact) mass is 265 g/mol. The molecular weight excluding hydrogens is 242 g/mol. The fourth-order valence-corrected chi connectivity index (χ4v) is 4.48. The molecular formula is C15H23NOS. The van der Waals surface area contributed by atoms with Gasteiger partial charge in [-0.15, -0.1) is 11.3 Å². The molecule has 0 saturated heterocycles. The van der Waals surface area contributed by atoms with Gasteiger partial charge in [-0.3, -0.25) is 0 Å². The molecule has 2 aliphatic rings. The summed E-state index contributed by atoms with van der Waals surface area (Å²) in [6.45, 7) is 4.18. The second-order valence-corrected chi connectivity index (χ2v) is 7.63. The van der Waals surface area contributed by atoms with Crippen LogP contribution in [0.15, 0.2) is 0 Å². The Labute approximate surface area is 113 Å². The Balaban J connectivity index is 1.69. The molecule has 2 unspecified atom stereocenters. The first-order valence-electron chi connectivity index (χ1n) is 7.21. The van der Waals surface area contributed by atoms with Crippen LogP contribution < -0.4 is 0 Å². The van der Waals surface area contributed by atoms with Gasteiger partial charge in [0.15, 0.2) is 0 Å². The number of aromatic nitrogens is 1. The highest BCUT2D eigenvalue weighted by Crippen LogP contribution is 2.47. The van der Waals surface area contributed by atoms with E-state index in [4.69, 9.17) is 0 Å². The molecule has 2 saturated carbocycles. The van der Waals surface area contributed by atoms with Gasteiger partial charge in [-0.05, 0) is 57.8 Å². The first-order chi connectivity index (χ1) is 8.56. The molecule has 0 radical (unpaired) electrons. The Hall–Kier alpha value is -0.410. The third-order valence-electron chi connectivity index (χ3n) is 4.70. The van der Waals surface area contributed by atoms with Gasteiger partial charge in [0.2, 0.25) is 0 Å². The summed E-state index contributed by atoms with van der Waals surface area (Å²) in [5.41, 5.74) is 0.663. The summed E-state index contributed by atoms with van der Waals surface area (Å²) in [5, 5.41) is 12.0. The van der Waals surface area contributed by atoms with Crippen LogP contribution in [-0.2, 0) is 6.42 Å². The molecule has 3 rings (SSSR count). The number of hydrogen-bond acceptors (Lipinski definition) is 3. The number of thiazole rings is 1. The van der Waals surface area contributed by atoms with Crippen molar-refractivity contribution in [2.75, 3.05) is 0 Å². The predicted molar refractivity (Wildman–Crippen MR) is 74.9 cm³/mol. The lowest BCUT2D eigenvalue weighted by Gasteiger charge is -2.36. The van der Waals surface area contributed by atoms with Crippen LogP contribution in [0.3, 0.4) is 0 Å². The van der Waals surface area contributed by atoms with Gasteiger partial charge in [0, 0.05) is 11.3 Å². The first kappa shape index (κ1) is 12.6. The topological polar surface area (TPSA) is 33.1 Å². The van der Waals surface area contributed by atoms with Crippen molar-refractivity contribution >= 4 is 11.3 Å². The minimum absolute atomic E-state index is 0.470. The number of aliphatic hydroxyl groups is 1. The standard InChI is InChI=1S/C15H23NOS/c1-10-11(2)18-14(16-10)9-15(17)7-3-4-13(8-15)12-5-6-12/h12-13,17H,3-9H2,1-2H3. The fourth-order valence-electron chi connectivity index (χ4n) is 3.41. The minimum Gasteiger partial charge on any atom is -0.389 e. The average molecular weight is 265 g/mol. The van der Waals surface area contributed by atoms with E-state index in [-0.39, 0.29) is 0 Å². The third kappa shape index (κ3) is 2.62. The Morgan fingerprint density at radius 1 is 1.28 bits per heavy atom. The molecule has 100 valence electrons. The number of hydrogen-bond donors (Lipinski definition) is 1. The third-order valence-corrected chi connectivity index (χ3v) is 5.77. The molecule has 18 heavy (non-hydrogen) atoms. The summed E-state index contributed by atoms with van der Waals surface area (Å²) >= 11 is 1.76. The summed E-state index contributed by atoms with van der Waals surface area (Å²) in [7, 11) is 0. The van der Waals surface area contributed by atoms with Crippen molar-refractivity contribution < 1.29 is 5.11 Å². The predicted octanol–water partition coefficient (Wildman–Crippen LogP) is 3.63. The lowest BCUT2D eigenvalue weighted by molar-refractivity contribution is -0.0196. The molecule has 0 spiro atoms. The quantitative estimate of drug-likeness (QED) is 0.905. The van der Waals surface area contributed by atoms with Crippen LogP contribution in [0.25, 0.3) is 0 Å². The molecule has 1 heterocycles. The van der Waals surface area contributed by atoms with E-state index in [1.165, 1.54) is 30.6 Å². The maximum Gasteiger partial charge on any atom is 0.0959 e. The number of nitrogens with zero attached hydrogens (tertiary/aromatic N) is 1. The van der Waals surface area contributed by atoms with Gasteiger partial charge in [-0.2, -0.15) is 0 Å². The molecule has 1 aromatic heterocycles. The molecule has 0 aliphatic heterocycles. The summed E-state index contributed by atoms with van der Waals surface area (Å²) in [5.74, 6) is 1.71. The van der Waals surface area contributed by atoms with Gasteiger partial charge in [0.05, 0.1) is 16.3 Å². The molecule has 0 bridgehead atoms. The van der Waals surface area contributed by atoms with E-state index in [1.54, 1.807) is 11.3 Å². The van der Waals surface area contributed by atoms with Crippen molar-refractivity contribution in [3.63, 3.8) is 0 Å². The maximum absolute atomic E-state index is 10.8.